The maximum Gasteiger partial charge on any atom is 0.342 e. The Hall–Kier alpha value is -4.21. The maximum absolute atomic E-state index is 11.7. The predicted octanol–water partition coefficient (Wildman–Crippen LogP) is 5.72. The lowest BCUT2D eigenvalue weighted by Crippen LogP contribution is -2.35. The van der Waals surface area contributed by atoms with Crippen molar-refractivity contribution in [1.29, 1.82) is 0 Å². The summed E-state index contributed by atoms with van der Waals surface area (Å²) < 4.78 is 19.2. The number of aromatic nitrogens is 3. The topological polar surface area (TPSA) is 98.9 Å². The van der Waals surface area contributed by atoms with Gasteiger partial charge >= 0.3 is 5.97 Å². The highest BCUT2D eigenvalue weighted by Gasteiger charge is 2.29. The summed E-state index contributed by atoms with van der Waals surface area (Å²) in [5.41, 5.74) is 7.86. The number of hydrogen-bond donors (Lipinski definition) is 1. The molecule has 9 heteroatoms. The zero-order chi connectivity index (χ0) is 29.2. The van der Waals surface area contributed by atoms with Crippen molar-refractivity contribution in [3.8, 4) is 28.7 Å². The van der Waals surface area contributed by atoms with Crippen LogP contribution in [-0.2, 0) is 24.4 Å². The van der Waals surface area contributed by atoms with Crippen molar-refractivity contribution in [2.45, 2.75) is 59.4 Å². The fourth-order valence-corrected chi connectivity index (χ4v) is 5.98. The van der Waals surface area contributed by atoms with Crippen molar-refractivity contribution >= 4 is 5.97 Å². The average molecular weight is 569 g/mol. The number of fused-ring (bicyclic) bond motifs is 1. The van der Waals surface area contributed by atoms with Gasteiger partial charge in [0.1, 0.15) is 17.9 Å². The molecule has 0 unspecified atom stereocenters. The monoisotopic (exact) mass is 568 g/mol. The van der Waals surface area contributed by atoms with Gasteiger partial charge in [0.25, 0.3) is 0 Å². The summed E-state index contributed by atoms with van der Waals surface area (Å²) in [6.45, 7) is 10.5. The number of pyridine rings is 1. The van der Waals surface area contributed by atoms with Crippen LogP contribution >= 0.6 is 0 Å². The lowest BCUT2D eigenvalue weighted by molar-refractivity contribution is 0.0325. The van der Waals surface area contributed by atoms with Crippen molar-refractivity contribution in [3.05, 3.63) is 88.1 Å². The fraction of sp³-hybridized carbons (Fsp3) is 0.364. The van der Waals surface area contributed by atoms with E-state index in [4.69, 9.17) is 19.2 Å². The number of aryl methyl sites for hydroxylation is 1. The summed E-state index contributed by atoms with van der Waals surface area (Å²) in [4.78, 5) is 19.1. The third-order valence-electron chi connectivity index (χ3n) is 8.30. The van der Waals surface area contributed by atoms with Gasteiger partial charge in [0.15, 0.2) is 5.82 Å². The van der Waals surface area contributed by atoms with Crippen LogP contribution in [-0.4, -0.2) is 56.6 Å². The SMILES string of the molecule is CCOc1c(C(=O)O)cnn1-c1cccc(-c2cccc(C)c2OCc2ccc3c(c2C)CN(C2CCOCC2)C3)n1. The number of rotatable bonds is 9. The van der Waals surface area contributed by atoms with E-state index in [-0.39, 0.29) is 11.4 Å². The number of aromatic carboxylic acids is 1. The largest absolute Gasteiger partial charge is 0.488 e. The van der Waals surface area contributed by atoms with E-state index in [0.717, 1.165) is 56.0 Å². The van der Waals surface area contributed by atoms with Crippen molar-refractivity contribution in [2.24, 2.45) is 0 Å². The number of carboxylic acids is 1. The molecule has 1 N–H and O–H groups in total. The number of carbonyl (C=O) groups is 1. The first kappa shape index (κ1) is 27.9. The van der Waals surface area contributed by atoms with E-state index in [2.05, 4.69) is 29.1 Å². The average Bonchev–Trinajstić information content (AvgIpc) is 3.64. The molecule has 218 valence electrons. The molecule has 0 bridgehead atoms. The lowest BCUT2D eigenvalue weighted by Gasteiger charge is -2.30. The molecule has 4 heterocycles. The van der Waals surface area contributed by atoms with Crippen LogP contribution in [0.25, 0.3) is 17.1 Å². The van der Waals surface area contributed by atoms with Gasteiger partial charge in [0.05, 0.1) is 18.5 Å². The number of para-hydroxylation sites is 1. The molecule has 2 aromatic carbocycles. The number of carboxylic acid groups (broad SMARTS) is 1. The highest BCUT2D eigenvalue weighted by Crippen LogP contribution is 2.35. The Labute approximate surface area is 245 Å². The van der Waals surface area contributed by atoms with Crippen molar-refractivity contribution in [1.82, 2.24) is 19.7 Å². The zero-order valence-electron chi connectivity index (χ0n) is 24.3. The molecule has 0 atom stereocenters. The van der Waals surface area contributed by atoms with E-state index in [9.17, 15) is 9.90 Å². The van der Waals surface area contributed by atoms with Crippen molar-refractivity contribution < 1.29 is 24.1 Å². The highest BCUT2D eigenvalue weighted by molar-refractivity contribution is 5.90. The molecular weight excluding hydrogens is 532 g/mol. The quantitative estimate of drug-likeness (QED) is 0.274. The third-order valence-corrected chi connectivity index (χ3v) is 8.30. The van der Waals surface area contributed by atoms with Crippen LogP contribution in [0.1, 0.15) is 57.9 Å². The molecule has 4 aromatic rings. The molecule has 2 aliphatic rings. The summed E-state index contributed by atoms with van der Waals surface area (Å²) >= 11 is 0. The highest BCUT2D eigenvalue weighted by atomic mass is 16.5. The summed E-state index contributed by atoms with van der Waals surface area (Å²) in [5.74, 6) is 0.272. The second kappa shape index (κ2) is 12.0. The normalized spacial score (nSPS) is 15.5. The van der Waals surface area contributed by atoms with Gasteiger partial charge < -0.3 is 19.3 Å². The van der Waals surface area contributed by atoms with Crippen LogP contribution in [0, 0.1) is 13.8 Å². The fourth-order valence-electron chi connectivity index (χ4n) is 5.98. The van der Waals surface area contributed by atoms with Gasteiger partial charge in [0, 0.05) is 37.9 Å². The van der Waals surface area contributed by atoms with Crippen LogP contribution in [0.2, 0.25) is 0 Å². The van der Waals surface area contributed by atoms with Gasteiger partial charge in [-0.3, -0.25) is 4.90 Å². The maximum atomic E-state index is 11.7. The number of nitrogens with zero attached hydrogens (tertiary/aromatic N) is 4. The zero-order valence-corrected chi connectivity index (χ0v) is 24.3. The molecular formula is C33H36N4O5. The Kier molecular flexibility index (Phi) is 7.95. The molecule has 1 saturated heterocycles. The van der Waals surface area contributed by atoms with E-state index < -0.39 is 5.97 Å². The first-order chi connectivity index (χ1) is 20.4. The van der Waals surface area contributed by atoms with Gasteiger partial charge in [-0.15, -0.1) is 0 Å². The minimum atomic E-state index is -1.10. The first-order valence-electron chi connectivity index (χ1n) is 14.5. The molecule has 42 heavy (non-hydrogen) atoms. The van der Waals surface area contributed by atoms with Crippen LogP contribution in [0.15, 0.2) is 54.7 Å². The lowest BCUT2D eigenvalue weighted by atomic mass is 9.99. The molecule has 0 spiro atoms. The van der Waals surface area contributed by atoms with Gasteiger partial charge in [-0.2, -0.15) is 9.78 Å². The molecule has 2 aromatic heterocycles. The second-order valence-electron chi connectivity index (χ2n) is 10.9. The van der Waals surface area contributed by atoms with Crippen LogP contribution < -0.4 is 9.47 Å². The van der Waals surface area contributed by atoms with E-state index in [1.54, 1.807) is 13.0 Å². The standard InChI is InChI=1S/C33H36N4O5/c1-4-41-32-27(33(38)39)17-34-37(32)30-10-6-9-29(35-30)26-8-5-7-21(2)31(26)42-20-24-12-11-23-18-36(19-28(23)22(24)3)25-13-15-40-16-14-25/h5-12,17,25H,4,13-16,18-20H2,1-3H3,(H,38,39). The van der Waals surface area contributed by atoms with E-state index in [1.165, 1.54) is 33.1 Å². The van der Waals surface area contributed by atoms with E-state index >= 15 is 0 Å². The molecule has 0 aliphatic carbocycles. The minimum absolute atomic E-state index is 0.00998. The Morgan fingerprint density at radius 2 is 1.86 bits per heavy atom. The number of hydrogen-bond acceptors (Lipinski definition) is 7. The summed E-state index contributed by atoms with van der Waals surface area (Å²) in [6, 6.07) is 16.6. The van der Waals surface area contributed by atoms with Gasteiger partial charge in [-0.05, 0) is 79.6 Å². The van der Waals surface area contributed by atoms with Crippen LogP contribution in [0.5, 0.6) is 11.6 Å². The third kappa shape index (κ3) is 5.37. The number of benzene rings is 2. The molecule has 9 nitrogen and oxygen atoms in total. The first-order valence-corrected chi connectivity index (χ1v) is 14.5. The van der Waals surface area contributed by atoms with Gasteiger partial charge in [-0.25, -0.2) is 9.78 Å². The van der Waals surface area contributed by atoms with E-state index in [0.29, 0.717) is 30.8 Å². The van der Waals surface area contributed by atoms with Crippen molar-refractivity contribution in [2.75, 3.05) is 19.8 Å². The molecule has 2 aliphatic heterocycles. The van der Waals surface area contributed by atoms with Crippen molar-refractivity contribution in [3.63, 3.8) is 0 Å². The Bertz CT molecular complexity index is 1610. The molecule has 0 amide bonds. The molecule has 6 rings (SSSR count). The van der Waals surface area contributed by atoms with E-state index in [1.807, 2.05) is 37.3 Å². The molecule has 1 fully saturated rings. The summed E-state index contributed by atoms with van der Waals surface area (Å²) in [7, 11) is 0. The number of ether oxygens (including phenoxy) is 3. The Balaban J connectivity index is 1.25. The smallest absolute Gasteiger partial charge is 0.342 e. The second-order valence-corrected chi connectivity index (χ2v) is 10.9. The van der Waals surface area contributed by atoms with Gasteiger partial charge in [0.2, 0.25) is 5.88 Å². The van der Waals surface area contributed by atoms with Gasteiger partial charge in [-0.1, -0.05) is 30.3 Å². The molecule has 0 radical (unpaired) electrons. The predicted molar refractivity (Wildman–Crippen MR) is 158 cm³/mol. The Morgan fingerprint density at radius 1 is 1.05 bits per heavy atom. The summed E-state index contributed by atoms with van der Waals surface area (Å²) in [5, 5.41) is 13.8. The summed E-state index contributed by atoms with van der Waals surface area (Å²) in [6.07, 6.45) is 3.48. The molecule has 0 saturated carbocycles. The van der Waals surface area contributed by atoms with Crippen LogP contribution in [0.4, 0.5) is 0 Å². The minimum Gasteiger partial charge on any atom is -0.488 e. The van der Waals surface area contributed by atoms with Crippen LogP contribution in [0.3, 0.4) is 0 Å². The Morgan fingerprint density at radius 3 is 2.64 bits per heavy atom.